The molecule has 0 saturated carbocycles. The van der Waals surface area contributed by atoms with E-state index in [-0.39, 0.29) is 0 Å². The highest BCUT2D eigenvalue weighted by Gasteiger charge is 1.97. The van der Waals surface area contributed by atoms with Crippen LogP contribution in [0.25, 0.3) is 0 Å². The predicted molar refractivity (Wildman–Crippen MR) is 54.1 cm³/mol. The molecule has 0 aliphatic rings. The molecule has 1 heterocycles. The number of carboxylic acid groups (broad SMARTS) is 1. The van der Waals surface area contributed by atoms with E-state index in [1.807, 2.05) is 0 Å². The molecule has 0 aliphatic carbocycles. The van der Waals surface area contributed by atoms with Crippen molar-refractivity contribution in [2.24, 2.45) is 0 Å². The fourth-order valence-electron chi connectivity index (χ4n) is 0.800. The van der Waals surface area contributed by atoms with Crippen molar-refractivity contribution < 1.29 is 9.90 Å². The molecule has 74 valence electrons. The Kier molecular flexibility index (Phi) is 4.12. The third-order valence-corrected chi connectivity index (χ3v) is 2.46. The lowest BCUT2D eigenvalue weighted by Crippen LogP contribution is -1.92. The van der Waals surface area contributed by atoms with E-state index in [2.05, 4.69) is 9.97 Å². The van der Waals surface area contributed by atoms with E-state index >= 15 is 0 Å². The van der Waals surface area contributed by atoms with Gasteiger partial charge in [0.05, 0.1) is 6.20 Å². The normalized spacial score (nSPS) is 11.4. The van der Waals surface area contributed by atoms with Crippen molar-refractivity contribution in [1.82, 2.24) is 9.97 Å². The van der Waals surface area contributed by atoms with Crippen LogP contribution in [0.1, 0.15) is 6.92 Å². The Morgan fingerprint density at radius 2 is 2.43 bits per heavy atom. The topological polar surface area (TPSA) is 63.1 Å². The average Bonchev–Trinajstić information content (AvgIpc) is 2.15. The van der Waals surface area contributed by atoms with E-state index < -0.39 is 5.97 Å². The molecule has 0 aliphatic heterocycles. The molecule has 0 amide bonds. The first-order valence-corrected chi connectivity index (χ1v) is 4.96. The van der Waals surface area contributed by atoms with Crippen LogP contribution in [0.4, 0.5) is 0 Å². The first-order chi connectivity index (χ1) is 6.68. The largest absolute Gasteiger partial charge is 0.478 e. The lowest BCUT2D eigenvalue weighted by Gasteiger charge is -1.98. The van der Waals surface area contributed by atoms with Crippen LogP contribution in [0.15, 0.2) is 35.3 Å². The molecule has 0 spiro atoms. The van der Waals surface area contributed by atoms with Crippen molar-refractivity contribution in [3.8, 4) is 0 Å². The molecule has 5 heteroatoms. The summed E-state index contributed by atoms with van der Waals surface area (Å²) in [7, 11) is 0. The molecule has 0 fully saturated rings. The van der Waals surface area contributed by atoms with Gasteiger partial charge in [-0.2, -0.15) is 0 Å². The number of hydrogen-bond donors (Lipinski definition) is 1. The van der Waals surface area contributed by atoms with Gasteiger partial charge in [-0.05, 0) is 6.92 Å². The number of carbonyl (C=O) groups is 1. The van der Waals surface area contributed by atoms with Crippen LogP contribution in [0.3, 0.4) is 0 Å². The minimum Gasteiger partial charge on any atom is -0.478 e. The number of nitrogens with zero attached hydrogens (tertiary/aromatic N) is 2. The van der Waals surface area contributed by atoms with Crippen molar-refractivity contribution in [2.45, 2.75) is 11.9 Å². The molecule has 0 aromatic carbocycles. The molecule has 1 aromatic heterocycles. The average molecular weight is 210 g/mol. The van der Waals surface area contributed by atoms with Crippen molar-refractivity contribution in [1.29, 1.82) is 0 Å². The maximum absolute atomic E-state index is 10.3. The Balaban J connectivity index is 2.45. The molecule has 0 unspecified atom stereocenters. The zero-order valence-electron chi connectivity index (χ0n) is 7.67. The van der Waals surface area contributed by atoms with Crippen LogP contribution in [-0.2, 0) is 4.79 Å². The Morgan fingerprint density at radius 3 is 3.00 bits per heavy atom. The van der Waals surface area contributed by atoms with Gasteiger partial charge in [0.2, 0.25) is 0 Å². The fraction of sp³-hybridized carbons (Fsp3) is 0.222. The molecule has 1 rings (SSSR count). The number of thioether (sulfide) groups is 1. The first-order valence-electron chi connectivity index (χ1n) is 3.97. The molecule has 4 nitrogen and oxygen atoms in total. The molecule has 0 radical (unpaired) electrons. The Bertz CT molecular complexity index is 338. The number of rotatable bonds is 4. The van der Waals surface area contributed by atoms with Crippen LogP contribution in [-0.4, -0.2) is 26.8 Å². The summed E-state index contributed by atoms with van der Waals surface area (Å²) < 4.78 is 0. The van der Waals surface area contributed by atoms with Gasteiger partial charge in [-0.1, -0.05) is 5.57 Å². The number of aromatic nitrogens is 2. The van der Waals surface area contributed by atoms with E-state index in [1.165, 1.54) is 17.8 Å². The van der Waals surface area contributed by atoms with Gasteiger partial charge in [-0.15, -0.1) is 11.8 Å². The second kappa shape index (κ2) is 5.39. The van der Waals surface area contributed by atoms with Gasteiger partial charge in [0.25, 0.3) is 0 Å². The van der Waals surface area contributed by atoms with Crippen LogP contribution in [0.2, 0.25) is 0 Å². The molecular formula is C9H10N2O2S. The second-order valence-corrected chi connectivity index (χ2v) is 3.66. The van der Waals surface area contributed by atoms with Crippen molar-refractivity contribution in [3.05, 3.63) is 30.2 Å². The number of carboxylic acids is 1. The maximum Gasteiger partial charge on any atom is 0.328 e. The Labute approximate surface area is 86.1 Å². The molecule has 14 heavy (non-hydrogen) atoms. The van der Waals surface area contributed by atoms with Gasteiger partial charge in [0, 0.05) is 24.2 Å². The van der Waals surface area contributed by atoms with Crippen LogP contribution < -0.4 is 0 Å². The summed E-state index contributed by atoms with van der Waals surface area (Å²) in [5.74, 6) is -0.299. The number of hydrogen-bond acceptors (Lipinski definition) is 4. The zero-order chi connectivity index (χ0) is 10.4. The van der Waals surface area contributed by atoms with Crippen molar-refractivity contribution in [2.75, 3.05) is 5.75 Å². The minimum absolute atomic E-state index is 0.616. The van der Waals surface area contributed by atoms with E-state index in [0.29, 0.717) is 5.75 Å². The van der Waals surface area contributed by atoms with Gasteiger partial charge >= 0.3 is 5.97 Å². The van der Waals surface area contributed by atoms with Gasteiger partial charge in [0.1, 0.15) is 5.03 Å². The smallest absolute Gasteiger partial charge is 0.328 e. The summed E-state index contributed by atoms with van der Waals surface area (Å²) in [4.78, 5) is 18.3. The Morgan fingerprint density at radius 1 is 1.64 bits per heavy atom. The zero-order valence-corrected chi connectivity index (χ0v) is 8.49. The van der Waals surface area contributed by atoms with Gasteiger partial charge in [-0.25, -0.2) is 9.78 Å². The van der Waals surface area contributed by atoms with Crippen LogP contribution in [0.5, 0.6) is 0 Å². The van der Waals surface area contributed by atoms with E-state index in [0.717, 1.165) is 10.6 Å². The summed E-state index contributed by atoms with van der Waals surface area (Å²) in [5, 5.41) is 9.26. The summed E-state index contributed by atoms with van der Waals surface area (Å²) in [6.07, 6.45) is 6.06. The van der Waals surface area contributed by atoms with Crippen LogP contribution >= 0.6 is 11.8 Å². The summed E-state index contributed by atoms with van der Waals surface area (Å²) >= 11 is 1.47. The molecule has 0 atom stereocenters. The highest BCUT2D eigenvalue weighted by Crippen LogP contribution is 2.16. The number of aliphatic carboxylic acids is 1. The fourth-order valence-corrected chi connectivity index (χ4v) is 1.53. The molecule has 0 bridgehead atoms. The quantitative estimate of drug-likeness (QED) is 0.604. The third kappa shape index (κ3) is 4.04. The third-order valence-electron chi connectivity index (χ3n) is 1.36. The summed E-state index contributed by atoms with van der Waals surface area (Å²) in [6, 6.07) is 0. The van der Waals surface area contributed by atoms with Gasteiger partial charge < -0.3 is 5.11 Å². The highest BCUT2D eigenvalue weighted by atomic mass is 32.2. The standard InChI is InChI=1S/C9H10N2O2S/c1-7(4-9(12)13)6-14-8-5-10-2-3-11-8/h2-5H,6H2,1H3,(H,12,13). The van der Waals surface area contributed by atoms with Gasteiger partial charge in [-0.3, -0.25) is 4.98 Å². The predicted octanol–water partition coefficient (Wildman–Crippen LogP) is 1.60. The molecular weight excluding hydrogens is 200 g/mol. The summed E-state index contributed by atoms with van der Waals surface area (Å²) in [6.45, 7) is 1.78. The highest BCUT2D eigenvalue weighted by molar-refractivity contribution is 7.99. The molecule has 0 saturated heterocycles. The van der Waals surface area contributed by atoms with Crippen molar-refractivity contribution in [3.63, 3.8) is 0 Å². The van der Waals surface area contributed by atoms with Crippen molar-refractivity contribution >= 4 is 17.7 Å². The molecule has 1 aromatic rings. The SMILES string of the molecule is CC(=CC(=O)O)CSc1cnccn1. The van der Waals surface area contributed by atoms with E-state index in [4.69, 9.17) is 5.11 Å². The Hall–Kier alpha value is -1.36. The monoisotopic (exact) mass is 210 g/mol. The lowest BCUT2D eigenvalue weighted by atomic mass is 10.3. The summed E-state index contributed by atoms with van der Waals surface area (Å²) in [5.41, 5.74) is 0.799. The lowest BCUT2D eigenvalue weighted by molar-refractivity contribution is -0.131. The second-order valence-electron chi connectivity index (χ2n) is 2.66. The molecule has 1 N–H and O–H groups in total. The minimum atomic E-state index is -0.915. The van der Waals surface area contributed by atoms with Gasteiger partial charge in [0.15, 0.2) is 0 Å². The van der Waals surface area contributed by atoms with E-state index in [9.17, 15) is 4.79 Å². The first kappa shape index (κ1) is 10.7. The maximum atomic E-state index is 10.3. The van der Waals surface area contributed by atoms with Crippen LogP contribution in [0, 0.1) is 0 Å². The van der Waals surface area contributed by atoms with E-state index in [1.54, 1.807) is 25.5 Å².